The van der Waals surface area contributed by atoms with E-state index in [0.717, 1.165) is 0 Å². The molecule has 1 aromatic carbocycles. The molecule has 0 bridgehead atoms. The van der Waals surface area contributed by atoms with E-state index >= 15 is 0 Å². The van der Waals surface area contributed by atoms with Crippen LogP contribution in [-0.2, 0) is 0 Å². The fraction of sp³-hybridized carbons (Fsp3) is 0.111. The van der Waals surface area contributed by atoms with Crippen LogP contribution in [0.3, 0.4) is 0 Å². The van der Waals surface area contributed by atoms with E-state index in [0.29, 0.717) is 11.4 Å². The van der Waals surface area contributed by atoms with Crippen molar-refractivity contribution in [2.75, 3.05) is 11.1 Å². The lowest BCUT2D eigenvalue weighted by molar-refractivity contribution is 1.13. The third kappa shape index (κ3) is 2.11. The Bertz CT molecular complexity index is 358. The monoisotopic (exact) mass is 172 g/mol. The van der Waals surface area contributed by atoms with Crippen molar-refractivity contribution in [1.29, 1.82) is 10.5 Å². The second kappa shape index (κ2) is 3.99. The van der Waals surface area contributed by atoms with Gasteiger partial charge in [-0.3, -0.25) is 0 Å². The molecular formula is C9H8N4. The van der Waals surface area contributed by atoms with Gasteiger partial charge in [-0.25, -0.2) is 0 Å². The maximum Gasteiger partial charge on any atom is 0.202 e. The minimum Gasteiger partial charge on any atom is -0.397 e. The third-order valence-corrected chi connectivity index (χ3v) is 1.52. The largest absolute Gasteiger partial charge is 0.397 e. The molecule has 1 rings (SSSR count). The second-order valence-electron chi connectivity index (χ2n) is 2.42. The first-order valence-corrected chi connectivity index (χ1v) is 3.68. The van der Waals surface area contributed by atoms with Gasteiger partial charge in [0.2, 0.25) is 6.04 Å². The van der Waals surface area contributed by atoms with E-state index in [1.807, 2.05) is 0 Å². The van der Waals surface area contributed by atoms with Crippen LogP contribution in [0, 0.1) is 22.7 Å². The molecule has 0 aliphatic heterocycles. The summed E-state index contributed by atoms with van der Waals surface area (Å²) in [6.45, 7) is 0. The summed E-state index contributed by atoms with van der Waals surface area (Å²) >= 11 is 0. The molecule has 0 aliphatic rings. The SMILES string of the molecule is N#CC(C#N)Nc1ccccc1N. The highest BCUT2D eigenvalue weighted by Gasteiger charge is 2.05. The average molecular weight is 172 g/mol. The van der Waals surface area contributed by atoms with Crippen molar-refractivity contribution in [2.45, 2.75) is 6.04 Å². The highest BCUT2D eigenvalue weighted by Crippen LogP contribution is 2.17. The Morgan fingerprint density at radius 2 is 1.85 bits per heavy atom. The molecule has 0 unspecified atom stereocenters. The van der Waals surface area contributed by atoms with Gasteiger partial charge in [-0.2, -0.15) is 10.5 Å². The average Bonchev–Trinajstić information content (AvgIpc) is 2.17. The number of nitrogen functional groups attached to an aromatic ring is 1. The molecule has 0 fully saturated rings. The van der Waals surface area contributed by atoms with E-state index in [1.54, 1.807) is 36.4 Å². The van der Waals surface area contributed by atoms with Crippen LogP contribution in [-0.4, -0.2) is 6.04 Å². The molecule has 0 radical (unpaired) electrons. The highest BCUT2D eigenvalue weighted by atomic mass is 14.9. The summed E-state index contributed by atoms with van der Waals surface area (Å²) in [5, 5.41) is 19.7. The van der Waals surface area contributed by atoms with Crippen molar-refractivity contribution in [2.24, 2.45) is 0 Å². The van der Waals surface area contributed by atoms with Gasteiger partial charge in [0.15, 0.2) is 0 Å². The van der Waals surface area contributed by atoms with E-state index < -0.39 is 6.04 Å². The van der Waals surface area contributed by atoms with Crippen molar-refractivity contribution in [3.05, 3.63) is 24.3 Å². The van der Waals surface area contributed by atoms with E-state index in [9.17, 15) is 0 Å². The molecule has 13 heavy (non-hydrogen) atoms. The Kier molecular flexibility index (Phi) is 2.73. The number of hydrogen-bond acceptors (Lipinski definition) is 4. The Labute approximate surface area is 76.2 Å². The third-order valence-electron chi connectivity index (χ3n) is 1.52. The van der Waals surface area contributed by atoms with Gasteiger partial charge in [0.25, 0.3) is 0 Å². The molecule has 0 saturated heterocycles. The Morgan fingerprint density at radius 3 is 2.38 bits per heavy atom. The topological polar surface area (TPSA) is 85.6 Å². The predicted molar refractivity (Wildman–Crippen MR) is 49.5 cm³/mol. The first kappa shape index (κ1) is 8.89. The summed E-state index contributed by atoms with van der Waals surface area (Å²) in [6, 6.07) is 9.73. The molecule has 3 N–H and O–H groups in total. The van der Waals surface area contributed by atoms with Gasteiger partial charge >= 0.3 is 0 Å². The van der Waals surface area contributed by atoms with Crippen molar-refractivity contribution in [3.63, 3.8) is 0 Å². The van der Waals surface area contributed by atoms with Crippen LogP contribution in [0.2, 0.25) is 0 Å². The number of benzene rings is 1. The van der Waals surface area contributed by atoms with E-state index in [4.69, 9.17) is 16.3 Å². The Balaban J connectivity index is 2.82. The van der Waals surface area contributed by atoms with E-state index in [2.05, 4.69) is 5.32 Å². The molecule has 0 spiro atoms. The van der Waals surface area contributed by atoms with E-state index in [-0.39, 0.29) is 0 Å². The number of para-hydroxylation sites is 2. The number of nitriles is 2. The normalized spacial score (nSPS) is 8.85. The summed E-state index contributed by atoms with van der Waals surface area (Å²) in [5.74, 6) is 0. The molecular weight excluding hydrogens is 164 g/mol. The zero-order valence-corrected chi connectivity index (χ0v) is 6.86. The molecule has 4 nitrogen and oxygen atoms in total. The van der Waals surface area contributed by atoms with Crippen LogP contribution in [0.25, 0.3) is 0 Å². The predicted octanol–water partition coefficient (Wildman–Crippen LogP) is 1.10. The quantitative estimate of drug-likeness (QED) is 0.654. The van der Waals surface area contributed by atoms with Gasteiger partial charge in [-0.15, -0.1) is 0 Å². The first-order valence-electron chi connectivity index (χ1n) is 3.68. The number of nitrogens with zero attached hydrogens (tertiary/aromatic N) is 2. The van der Waals surface area contributed by atoms with Crippen LogP contribution < -0.4 is 11.1 Å². The lowest BCUT2D eigenvalue weighted by Crippen LogP contribution is -2.15. The summed E-state index contributed by atoms with van der Waals surface area (Å²) in [7, 11) is 0. The lowest BCUT2D eigenvalue weighted by Gasteiger charge is -2.07. The Hall–Kier alpha value is -2.20. The van der Waals surface area contributed by atoms with Gasteiger partial charge in [0.05, 0.1) is 11.4 Å². The van der Waals surface area contributed by atoms with Crippen molar-refractivity contribution in [1.82, 2.24) is 0 Å². The van der Waals surface area contributed by atoms with Crippen molar-refractivity contribution < 1.29 is 0 Å². The van der Waals surface area contributed by atoms with Crippen molar-refractivity contribution in [3.8, 4) is 12.1 Å². The summed E-state index contributed by atoms with van der Waals surface area (Å²) in [5.41, 5.74) is 6.73. The van der Waals surface area contributed by atoms with Crippen LogP contribution in [0.1, 0.15) is 0 Å². The molecule has 1 aromatic rings. The number of nitrogens with two attached hydrogens (primary N) is 1. The smallest absolute Gasteiger partial charge is 0.202 e. The molecule has 64 valence electrons. The zero-order valence-electron chi connectivity index (χ0n) is 6.86. The first-order chi connectivity index (χ1) is 6.27. The van der Waals surface area contributed by atoms with Crippen molar-refractivity contribution >= 4 is 11.4 Å². The summed E-state index contributed by atoms with van der Waals surface area (Å²) in [6.07, 6.45) is 0. The fourth-order valence-corrected chi connectivity index (χ4v) is 0.877. The highest BCUT2D eigenvalue weighted by molar-refractivity contribution is 5.66. The minimum absolute atomic E-state index is 0.526. The van der Waals surface area contributed by atoms with Crippen LogP contribution in [0.4, 0.5) is 11.4 Å². The standard InChI is InChI=1S/C9H8N4/c10-5-7(6-11)13-9-4-2-1-3-8(9)12/h1-4,7,13H,12H2. The molecule has 0 atom stereocenters. The summed E-state index contributed by atoms with van der Waals surface area (Å²) in [4.78, 5) is 0. The van der Waals surface area contributed by atoms with Crippen LogP contribution in [0.5, 0.6) is 0 Å². The second-order valence-corrected chi connectivity index (χ2v) is 2.42. The number of nitrogens with one attached hydrogen (secondary N) is 1. The van der Waals surface area contributed by atoms with Crippen LogP contribution in [0.15, 0.2) is 24.3 Å². The molecule has 0 aliphatic carbocycles. The zero-order chi connectivity index (χ0) is 9.68. The molecule has 0 heterocycles. The Morgan fingerprint density at radius 1 is 1.23 bits per heavy atom. The molecule has 4 heteroatoms. The maximum atomic E-state index is 8.50. The molecule has 0 amide bonds. The number of rotatable bonds is 2. The van der Waals surface area contributed by atoms with Gasteiger partial charge in [-0.05, 0) is 12.1 Å². The number of anilines is 2. The van der Waals surface area contributed by atoms with Gasteiger partial charge in [-0.1, -0.05) is 12.1 Å². The van der Waals surface area contributed by atoms with Gasteiger partial charge < -0.3 is 11.1 Å². The molecule has 0 saturated carbocycles. The minimum atomic E-state index is -0.857. The summed E-state index contributed by atoms with van der Waals surface area (Å²) < 4.78 is 0. The van der Waals surface area contributed by atoms with Crippen LogP contribution >= 0.6 is 0 Å². The van der Waals surface area contributed by atoms with E-state index in [1.165, 1.54) is 0 Å². The number of hydrogen-bond donors (Lipinski definition) is 2. The molecule has 0 aromatic heterocycles. The maximum absolute atomic E-state index is 8.50. The van der Waals surface area contributed by atoms with Gasteiger partial charge in [0, 0.05) is 0 Å². The lowest BCUT2D eigenvalue weighted by atomic mass is 10.2. The van der Waals surface area contributed by atoms with Gasteiger partial charge in [0.1, 0.15) is 12.1 Å². The fourth-order valence-electron chi connectivity index (χ4n) is 0.877.